The van der Waals surface area contributed by atoms with Gasteiger partial charge >= 0.3 is 5.97 Å². The Bertz CT molecular complexity index is 401. The molecule has 0 aliphatic heterocycles. The summed E-state index contributed by atoms with van der Waals surface area (Å²) in [5.41, 5.74) is 0.786. The van der Waals surface area contributed by atoms with Crippen molar-refractivity contribution in [2.75, 3.05) is 14.2 Å². The molecule has 0 amide bonds. The molecule has 6 nitrogen and oxygen atoms in total. The Morgan fingerprint density at radius 3 is 2.35 bits per heavy atom. The predicted molar refractivity (Wildman–Crippen MR) is 59.6 cm³/mol. The number of carbonyl (C=O) groups excluding carboxylic acids is 1. The van der Waals surface area contributed by atoms with E-state index in [9.17, 15) is 14.9 Å². The monoisotopic (exact) mass is 239 g/mol. The van der Waals surface area contributed by atoms with Crippen molar-refractivity contribution in [1.29, 1.82) is 0 Å². The Morgan fingerprint density at radius 2 is 1.94 bits per heavy atom. The highest BCUT2D eigenvalue weighted by Gasteiger charge is 2.19. The van der Waals surface area contributed by atoms with E-state index in [0.29, 0.717) is 6.42 Å². The van der Waals surface area contributed by atoms with E-state index < -0.39 is 17.0 Å². The molecule has 0 aliphatic carbocycles. The van der Waals surface area contributed by atoms with Gasteiger partial charge in [-0.3, -0.25) is 10.1 Å². The van der Waals surface area contributed by atoms with E-state index in [0.717, 1.165) is 5.56 Å². The Kier molecular flexibility index (Phi) is 4.59. The lowest BCUT2D eigenvalue weighted by molar-refractivity contribution is -0.384. The molecule has 0 heterocycles. The van der Waals surface area contributed by atoms with Crippen molar-refractivity contribution >= 4 is 11.7 Å². The average molecular weight is 239 g/mol. The van der Waals surface area contributed by atoms with Gasteiger partial charge in [0.1, 0.15) is 0 Å². The van der Waals surface area contributed by atoms with Gasteiger partial charge in [-0.25, -0.2) is 4.79 Å². The van der Waals surface area contributed by atoms with Gasteiger partial charge in [0.05, 0.1) is 12.0 Å². The maximum absolute atomic E-state index is 11.3. The van der Waals surface area contributed by atoms with Gasteiger partial charge in [0.25, 0.3) is 5.69 Å². The maximum Gasteiger partial charge on any atom is 0.335 e. The highest BCUT2D eigenvalue weighted by molar-refractivity contribution is 5.74. The molecule has 0 bridgehead atoms. The molecule has 0 radical (unpaired) electrons. The molecule has 0 fully saturated rings. The van der Waals surface area contributed by atoms with Gasteiger partial charge in [-0.2, -0.15) is 0 Å². The van der Waals surface area contributed by atoms with E-state index in [1.165, 1.54) is 26.4 Å². The highest BCUT2D eigenvalue weighted by atomic mass is 16.6. The molecule has 0 aromatic heterocycles. The first-order chi connectivity index (χ1) is 8.08. The number of esters is 1. The summed E-state index contributed by atoms with van der Waals surface area (Å²) in [6.07, 6.45) is -0.372. The number of rotatable bonds is 5. The van der Waals surface area contributed by atoms with Crippen LogP contribution in [0.15, 0.2) is 24.3 Å². The van der Waals surface area contributed by atoms with Gasteiger partial charge in [0.15, 0.2) is 6.10 Å². The number of hydrogen-bond acceptors (Lipinski definition) is 5. The zero-order valence-corrected chi connectivity index (χ0v) is 9.58. The van der Waals surface area contributed by atoms with Crippen LogP contribution in [0.5, 0.6) is 0 Å². The number of benzene rings is 1. The van der Waals surface area contributed by atoms with E-state index in [-0.39, 0.29) is 5.69 Å². The maximum atomic E-state index is 11.3. The van der Waals surface area contributed by atoms with Crippen LogP contribution in [-0.2, 0) is 20.7 Å². The van der Waals surface area contributed by atoms with Gasteiger partial charge in [0, 0.05) is 25.7 Å². The third-order valence-electron chi connectivity index (χ3n) is 2.32. The second-order valence-electron chi connectivity index (χ2n) is 3.38. The average Bonchev–Trinajstić information content (AvgIpc) is 2.35. The Balaban J connectivity index is 2.74. The standard InChI is InChI=1S/C11H13NO5/c1-16-10(11(13)17-2)7-8-3-5-9(6-4-8)12(14)15/h3-6,10H,7H2,1-2H3. The fourth-order valence-electron chi connectivity index (χ4n) is 1.36. The van der Waals surface area contributed by atoms with Gasteiger partial charge in [0.2, 0.25) is 0 Å². The van der Waals surface area contributed by atoms with Gasteiger partial charge in [-0.15, -0.1) is 0 Å². The number of methoxy groups -OCH3 is 2. The van der Waals surface area contributed by atoms with Crippen molar-refractivity contribution in [3.05, 3.63) is 39.9 Å². The van der Waals surface area contributed by atoms with Gasteiger partial charge in [-0.05, 0) is 5.56 Å². The second kappa shape index (κ2) is 5.95. The molecule has 1 aromatic carbocycles. The number of nitro groups is 1. The summed E-state index contributed by atoms with van der Waals surface area (Å²) in [6.45, 7) is 0. The summed E-state index contributed by atoms with van der Waals surface area (Å²) in [7, 11) is 2.69. The molecular formula is C11H13NO5. The van der Waals surface area contributed by atoms with E-state index in [4.69, 9.17) is 4.74 Å². The number of carbonyl (C=O) groups is 1. The summed E-state index contributed by atoms with van der Waals surface area (Å²) in [4.78, 5) is 21.2. The first kappa shape index (κ1) is 13.1. The third kappa shape index (κ3) is 3.53. The first-order valence-electron chi connectivity index (χ1n) is 4.92. The molecule has 0 N–H and O–H groups in total. The fourth-order valence-corrected chi connectivity index (χ4v) is 1.36. The molecule has 1 aromatic rings. The van der Waals surface area contributed by atoms with E-state index in [1.54, 1.807) is 12.1 Å². The molecule has 0 saturated carbocycles. The predicted octanol–water partition coefficient (Wildman–Crippen LogP) is 1.33. The molecule has 1 atom stereocenters. The summed E-state index contributed by atoms with van der Waals surface area (Å²) in [5.74, 6) is -0.467. The SMILES string of the molecule is COC(=O)C(Cc1ccc([N+](=O)[O-])cc1)OC. The molecule has 0 aliphatic rings. The van der Waals surface area contributed by atoms with Crippen LogP contribution in [0.4, 0.5) is 5.69 Å². The minimum atomic E-state index is -0.693. The van der Waals surface area contributed by atoms with Crippen LogP contribution < -0.4 is 0 Å². The number of hydrogen-bond donors (Lipinski definition) is 0. The second-order valence-corrected chi connectivity index (χ2v) is 3.38. The zero-order chi connectivity index (χ0) is 12.8. The number of non-ortho nitro benzene ring substituents is 1. The smallest absolute Gasteiger partial charge is 0.335 e. The lowest BCUT2D eigenvalue weighted by Gasteiger charge is -2.12. The molecule has 17 heavy (non-hydrogen) atoms. The van der Waals surface area contributed by atoms with Crippen LogP contribution in [0.2, 0.25) is 0 Å². The Hall–Kier alpha value is -1.95. The Labute approximate surface area is 98.3 Å². The summed E-state index contributed by atoms with van der Waals surface area (Å²) in [6, 6.07) is 5.96. The molecule has 0 saturated heterocycles. The summed E-state index contributed by atoms with van der Waals surface area (Å²) < 4.78 is 9.54. The van der Waals surface area contributed by atoms with Crippen molar-refractivity contribution < 1.29 is 19.2 Å². The molecular weight excluding hydrogens is 226 g/mol. The molecule has 1 rings (SSSR count). The molecule has 92 valence electrons. The lowest BCUT2D eigenvalue weighted by atomic mass is 10.1. The van der Waals surface area contributed by atoms with Crippen LogP contribution in [0.3, 0.4) is 0 Å². The quantitative estimate of drug-likeness (QED) is 0.440. The largest absolute Gasteiger partial charge is 0.467 e. The number of nitro benzene ring substituents is 1. The minimum Gasteiger partial charge on any atom is -0.467 e. The van der Waals surface area contributed by atoms with Crippen LogP contribution in [0.25, 0.3) is 0 Å². The summed E-state index contributed by atoms with van der Waals surface area (Å²) in [5, 5.41) is 10.5. The van der Waals surface area contributed by atoms with Crippen LogP contribution in [0, 0.1) is 10.1 Å². The molecule has 1 unspecified atom stereocenters. The van der Waals surface area contributed by atoms with E-state index in [1.807, 2.05) is 0 Å². The van der Waals surface area contributed by atoms with E-state index in [2.05, 4.69) is 4.74 Å². The van der Waals surface area contributed by atoms with Gasteiger partial charge in [-0.1, -0.05) is 12.1 Å². The highest BCUT2D eigenvalue weighted by Crippen LogP contribution is 2.14. The van der Waals surface area contributed by atoms with Crippen molar-refractivity contribution in [1.82, 2.24) is 0 Å². The van der Waals surface area contributed by atoms with Gasteiger partial charge < -0.3 is 9.47 Å². The molecule has 6 heteroatoms. The van der Waals surface area contributed by atoms with Crippen molar-refractivity contribution in [3.8, 4) is 0 Å². The Morgan fingerprint density at radius 1 is 1.35 bits per heavy atom. The minimum absolute atomic E-state index is 0.0146. The fraction of sp³-hybridized carbons (Fsp3) is 0.364. The van der Waals surface area contributed by atoms with Crippen molar-refractivity contribution in [3.63, 3.8) is 0 Å². The van der Waals surface area contributed by atoms with Crippen molar-refractivity contribution in [2.45, 2.75) is 12.5 Å². The number of ether oxygens (including phenoxy) is 2. The third-order valence-corrected chi connectivity index (χ3v) is 2.32. The zero-order valence-electron chi connectivity index (χ0n) is 9.58. The lowest BCUT2D eigenvalue weighted by Crippen LogP contribution is -2.26. The normalized spacial score (nSPS) is 11.9. The summed E-state index contributed by atoms with van der Waals surface area (Å²) >= 11 is 0. The number of nitrogens with zero attached hydrogens (tertiary/aromatic N) is 1. The molecule has 0 spiro atoms. The van der Waals surface area contributed by atoms with Crippen LogP contribution in [0.1, 0.15) is 5.56 Å². The van der Waals surface area contributed by atoms with E-state index >= 15 is 0 Å². The van der Waals surface area contributed by atoms with Crippen LogP contribution >= 0.6 is 0 Å². The first-order valence-corrected chi connectivity index (χ1v) is 4.92. The van der Waals surface area contributed by atoms with Crippen molar-refractivity contribution in [2.24, 2.45) is 0 Å². The van der Waals surface area contributed by atoms with Crippen LogP contribution in [-0.4, -0.2) is 31.2 Å². The topological polar surface area (TPSA) is 78.7 Å².